The Morgan fingerprint density at radius 1 is 1.07 bits per heavy atom. The van der Waals surface area contributed by atoms with Gasteiger partial charge in [-0.2, -0.15) is 0 Å². The Morgan fingerprint density at radius 3 is 2.35 bits per heavy atom. The topological polar surface area (TPSA) is 157 Å². The number of amides is 5. The second-order valence-electron chi connectivity index (χ2n) is 11.5. The smallest absolute Gasteiger partial charge is 0.407 e. The molecule has 0 radical (unpaired) electrons. The molecule has 5 amide bonds. The number of barbiturate groups is 1. The van der Waals surface area contributed by atoms with E-state index in [1.165, 1.54) is 4.90 Å². The van der Waals surface area contributed by atoms with Crippen LogP contribution in [-0.4, -0.2) is 66.6 Å². The molecule has 11 nitrogen and oxygen atoms in total. The summed E-state index contributed by atoms with van der Waals surface area (Å²) in [7, 11) is 1.66. The van der Waals surface area contributed by atoms with Crippen molar-refractivity contribution in [1.29, 1.82) is 0 Å². The number of methoxy groups -OCH3 is 1. The molecule has 0 unspecified atom stereocenters. The zero-order chi connectivity index (χ0) is 28.9. The van der Waals surface area contributed by atoms with Crippen molar-refractivity contribution in [1.82, 2.24) is 15.1 Å². The molecule has 3 fully saturated rings. The van der Waals surface area contributed by atoms with E-state index < -0.39 is 23.9 Å². The van der Waals surface area contributed by atoms with Crippen molar-refractivity contribution >= 4 is 23.9 Å². The van der Waals surface area contributed by atoms with Crippen LogP contribution >= 0.6 is 0 Å². The van der Waals surface area contributed by atoms with E-state index in [9.17, 15) is 19.2 Å². The zero-order valence-corrected chi connectivity index (χ0v) is 23.4. The van der Waals surface area contributed by atoms with E-state index in [1.807, 2.05) is 37.3 Å². The molecule has 4 rings (SSSR count). The van der Waals surface area contributed by atoms with E-state index in [2.05, 4.69) is 5.32 Å². The Hall–Kier alpha value is -3.60. The summed E-state index contributed by atoms with van der Waals surface area (Å²) in [5.74, 6) is -1.78. The lowest BCUT2D eigenvalue weighted by atomic mass is 9.48. The van der Waals surface area contributed by atoms with Crippen molar-refractivity contribution in [2.45, 2.75) is 70.9 Å². The van der Waals surface area contributed by atoms with Gasteiger partial charge in [0.15, 0.2) is 0 Å². The SMILES string of the molecule is CCCCN1C(=O)C(=C(N)N)C(=O)N(C2CCC3(CC2)CC(CNC(=O)OCc2ccccc2)(COC)C3)C1=O. The van der Waals surface area contributed by atoms with Gasteiger partial charge in [0.25, 0.3) is 11.8 Å². The summed E-state index contributed by atoms with van der Waals surface area (Å²) in [5, 5.41) is 2.91. The first-order valence-electron chi connectivity index (χ1n) is 14.0. The molecule has 1 aliphatic heterocycles. The Labute approximate surface area is 235 Å². The van der Waals surface area contributed by atoms with Crippen molar-refractivity contribution in [3.63, 3.8) is 0 Å². The van der Waals surface area contributed by atoms with Crippen LogP contribution in [0.5, 0.6) is 0 Å². The first kappa shape index (κ1) is 29.4. The van der Waals surface area contributed by atoms with Crippen LogP contribution in [0.4, 0.5) is 9.59 Å². The quantitative estimate of drug-likeness (QED) is 0.294. The summed E-state index contributed by atoms with van der Waals surface area (Å²) in [5.41, 5.74) is 11.9. The summed E-state index contributed by atoms with van der Waals surface area (Å²) in [4.78, 5) is 54.0. The molecule has 5 N–H and O–H groups in total. The second-order valence-corrected chi connectivity index (χ2v) is 11.5. The highest BCUT2D eigenvalue weighted by Gasteiger charge is 2.56. The molecule has 0 atom stereocenters. The number of imide groups is 2. The summed E-state index contributed by atoms with van der Waals surface area (Å²) >= 11 is 0. The maximum atomic E-state index is 13.3. The molecule has 1 spiro atoms. The normalized spacial score (nSPS) is 26.6. The van der Waals surface area contributed by atoms with Crippen LogP contribution in [0.2, 0.25) is 0 Å². The Bertz CT molecular complexity index is 1130. The van der Waals surface area contributed by atoms with Crippen LogP contribution in [0.25, 0.3) is 0 Å². The average Bonchev–Trinajstić information content (AvgIpc) is 2.91. The number of benzene rings is 1. The van der Waals surface area contributed by atoms with Gasteiger partial charge < -0.3 is 26.3 Å². The van der Waals surface area contributed by atoms with Crippen LogP contribution in [-0.2, 0) is 25.7 Å². The van der Waals surface area contributed by atoms with E-state index in [0.717, 1.165) is 42.6 Å². The number of carbonyl (C=O) groups excluding carboxylic acids is 4. The van der Waals surface area contributed by atoms with E-state index >= 15 is 0 Å². The van der Waals surface area contributed by atoms with Gasteiger partial charge in [0.1, 0.15) is 18.0 Å². The summed E-state index contributed by atoms with van der Waals surface area (Å²) in [6.07, 6.45) is 5.57. The zero-order valence-electron chi connectivity index (χ0n) is 23.4. The number of rotatable bonds is 10. The fraction of sp³-hybridized carbons (Fsp3) is 0.586. The van der Waals surface area contributed by atoms with E-state index in [-0.39, 0.29) is 41.4 Å². The third-order valence-electron chi connectivity index (χ3n) is 8.50. The molecule has 0 bridgehead atoms. The first-order chi connectivity index (χ1) is 19.1. The summed E-state index contributed by atoms with van der Waals surface area (Å²) < 4.78 is 10.9. The van der Waals surface area contributed by atoms with Crippen LogP contribution in [0.1, 0.15) is 63.9 Å². The second kappa shape index (κ2) is 12.3. The first-order valence-corrected chi connectivity index (χ1v) is 14.0. The average molecular weight is 556 g/mol. The van der Waals surface area contributed by atoms with Gasteiger partial charge in [-0.3, -0.25) is 19.4 Å². The number of nitrogens with two attached hydrogens (primary N) is 2. The minimum Gasteiger partial charge on any atom is -0.445 e. The van der Waals surface area contributed by atoms with Crippen LogP contribution in [0.3, 0.4) is 0 Å². The third-order valence-corrected chi connectivity index (χ3v) is 8.50. The fourth-order valence-electron chi connectivity index (χ4n) is 6.72. The maximum absolute atomic E-state index is 13.3. The summed E-state index contributed by atoms with van der Waals surface area (Å²) in [6.45, 7) is 3.34. The van der Waals surface area contributed by atoms with Gasteiger partial charge in [0, 0.05) is 31.7 Å². The van der Waals surface area contributed by atoms with E-state index in [0.29, 0.717) is 32.4 Å². The number of unbranched alkanes of at least 4 members (excludes halogenated alkanes) is 1. The highest BCUT2D eigenvalue weighted by Crippen LogP contribution is 2.61. The van der Waals surface area contributed by atoms with Gasteiger partial charge in [0.05, 0.1) is 6.61 Å². The van der Waals surface area contributed by atoms with Gasteiger partial charge >= 0.3 is 12.1 Å². The minimum atomic E-state index is -0.717. The molecule has 1 saturated heterocycles. The van der Waals surface area contributed by atoms with Gasteiger partial charge in [-0.1, -0.05) is 43.7 Å². The standard InChI is InChI=1S/C29H41N5O6/c1-3-4-14-33-24(35)22(23(30)31)25(36)34(27(33)38)21-10-12-28(13-11-21)16-29(17-28,19-39-2)18-32-26(37)40-15-20-8-6-5-7-9-20/h5-9,21H,3-4,10-19,30-31H2,1-2H3,(H,32,37). The molecule has 1 aromatic carbocycles. The Morgan fingerprint density at radius 2 is 1.75 bits per heavy atom. The molecule has 0 aromatic heterocycles. The van der Waals surface area contributed by atoms with Gasteiger partial charge in [-0.05, 0) is 55.9 Å². The molecule has 11 heteroatoms. The largest absolute Gasteiger partial charge is 0.445 e. The number of hydrogen-bond acceptors (Lipinski definition) is 8. The van der Waals surface area contributed by atoms with Crippen LogP contribution < -0.4 is 16.8 Å². The molecular weight excluding hydrogens is 514 g/mol. The Balaban J connectivity index is 1.35. The Kier molecular flexibility index (Phi) is 9.02. The molecule has 2 saturated carbocycles. The lowest BCUT2D eigenvalue weighted by molar-refractivity contribution is -0.140. The van der Waals surface area contributed by atoms with Crippen LogP contribution in [0.15, 0.2) is 41.7 Å². The monoisotopic (exact) mass is 555 g/mol. The van der Waals surface area contributed by atoms with Crippen LogP contribution in [0, 0.1) is 10.8 Å². The van der Waals surface area contributed by atoms with Crippen molar-refractivity contribution in [2.24, 2.45) is 22.3 Å². The minimum absolute atomic E-state index is 0.0514. The van der Waals surface area contributed by atoms with E-state index in [4.69, 9.17) is 20.9 Å². The molecular formula is C29H41N5O6. The van der Waals surface area contributed by atoms with Gasteiger partial charge in [-0.15, -0.1) is 0 Å². The number of hydrogen-bond donors (Lipinski definition) is 3. The third kappa shape index (κ3) is 6.09. The van der Waals surface area contributed by atoms with Crippen molar-refractivity contribution < 1.29 is 28.7 Å². The van der Waals surface area contributed by atoms with Gasteiger partial charge in [0.2, 0.25) is 0 Å². The molecule has 3 aliphatic rings. The highest BCUT2D eigenvalue weighted by molar-refractivity contribution is 6.29. The highest BCUT2D eigenvalue weighted by atomic mass is 16.5. The number of ether oxygens (including phenoxy) is 2. The number of nitrogens with zero attached hydrogens (tertiary/aromatic N) is 2. The van der Waals surface area contributed by atoms with Gasteiger partial charge in [-0.25, -0.2) is 9.59 Å². The fourth-order valence-corrected chi connectivity index (χ4v) is 6.72. The lowest BCUT2D eigenvalue weighted by Crippen LogP contribution is -2.62. The molecule has 1 heterocycles. The maximum Gasteiger partial charge on any atom is 0.407 e. The van der Waals surface area contributed by atoms with Crippen molar-refractivity contribution in [3.05, 3.63) is 47.3 Å². The number of urea groups is 1. The lowest BCUT2D eigenvalue weighted by Gasteiger charge is -2.59. The summed E-state index contributed by atoms with van der Waals surface area (Å²) in [6, 6.07) is 8.59. The number of carbonyl (C=O) groups is 4. The predicted molar refractivity (Wildman–Crippen MR) is 147 cm³/mol. The van der Waals surface area contributed by atoms with E-state index in [1.54, 1.807) is 7.11 Å². The molecule has 1 aromatic rings. The molecule has 218 valence electrons. The molecule has 40 heavy (non-hydrogen) atoms. The van der Waals surface area contributed by atoms with Crippen molar-refractivity contribution in [2.75, 3.05) is 26.8 Å². The number of alkyl carbamates (subject to hydrolysis) is 1. The predicted octanol–water partition coefficient (Wildman–Crippen LogP) is 2.99. The molecule has 2 aliphatic carbocycles. The number of nitrogens with one attached hydrogen (secondary N) is 1. The van der Waals surface area contributed by atoms with Crippen molar-refractivity contribution in [3.8, 4) is 0 Å².